The lowest BCUT2D eigenvalue weighted by atomic mass is 9.95. The van der Waals surface area contributed by atoms with Gasteiger partial charge < -0.3 is 29.4 Å². The van der Waals surface area contributed by atoms with E-state index in [1.54, 1.807) is 6.26 Å². The van der Waals surface area contributed by atoms with E-state index in [1.807, 2.05) is 26.8 Å². The third-order valence-corrected chi connectivity index (χ3v) is 5.36. The quantitative estimate of drug-likeness (QED) is 0.390. The van der Waals surface area contributed by atoms with E-state index in [0.29, 0.717) is 13.2 Å². The van der Waals surface area contributed by atoms with Crippen LogP contribution in [0.3, 0.4) is 0 Å². The van der Waals surface area contributed by atoms with Crippen molar-refractivity contribution in [1.82, 2.24) is 0 Å². The van der Waals surface area contributed by atoms with Crippen LogP contribution in [0.15, 0.2) is 12.3 Å². The van der Waals surface area contributed by atoms with Crippen LogP contribution in [0.25, 0.3) is 0 Å². The van der Waals surface area contributed by atoms with E-state index in [1.165, 1.54) is 44.9 Å². The number of rotatable bonds is 12. The smallest absolute Gasteiger partial charge is 0.217 e. The van der Waals surface area contributed by atoms with Crippen molar-refractivity contribution >= 4 is 0 Å². The van der Waals surface area contributed by atoms with Crippen LogP contribution < -0.4 is 5.73 Å². The number of nitrogens with two attached hydrogens (primary N) is 1. The Morgan fingerprint density at radius 2 is 1.75 bits per heavy atom. The molecule has 0 radical (unpaired) electrons. The summed E-state index contributed by atoms with van der Waals surface area (Å²) in [6.07, 6.45) is 12.2. The zero-order valence-corrected chi connectivity index (χ0v) is 18.2. The van der Waals surface area contributed by atoms with Crippen molar-refractivity contribution in [1.29, 1.82) is 0 Å². The van der Waals surface area contributed by atoms with Gasteiger partial charge in [-0.15, -0.1) is 0 Å². The molecular weight excluding hydrogens is 358 g/mol. The second-order valence-electron chi connectivity index (χ2n) is 8.33. The maximum atomic E-state index is 6.44. The molecule has 28 heavy (non-hydrogen) atoms. The zero-order valence-electron chi connectivity index (χ0n) is 18.2. The van der Waals surface area contributed by atoms with Crippen molar-refractivity contribution in [2.24, 2.45) is 5.73 Å². The fourth-order valence-electron chi connectivity index (χ4n) is 3.79. The molecule has 0 amide bonds. The highest BCUT2D eigenvalue weighted by molar-refractivity contribution is 4.97. The molecule has 2 aliphatic heterocycles. The van der Waals surface area contributed by atoms with Crippen LogP contribution in [-0.2, 0) is 23.7 Å². The van der Waals surface area contributed by atoms with E-state index in [2.05, 4.69) is 6.92 Å². The van der Waals surface area contributed by atoms with Gasteiger partial charge in [0.25, 0.3) is 0 Å². The molecule has 2 heterocycles. The van der Waals surface area contributed by atoms with Crippen molar-refractivity contribution in [2.45, 2.75) is 115 Å². The van der Waals surface area contributed by atoms with E-state index in [0.717, 1.165) is 6.42 Å². The Hall–Kier alpha value is -0.660. The molecule has 0 saturated carbocycles. The summed E-state index contributed by atoms with van der Waals surface area (Å²) in [5.41, 5.74) is 6.44. The first-order chi connectivity index (χ1) is 13.5. The van der Waals surface area contributed by atoms with Gasteiger partial charge in [0.1, 0.15) is 18.3 Å². The SMILES string of the molecule is CC=CO[C@H]1OC2COC(C)(C)OC2C(OCCCCCCCCCC)[C@H]1N. The summed E-state index contributed by atoms with van der Waals surface area (Å²) in [5, 5.41) is 0. The van der Waals surface area contributed by atoms with Crippen LogP contribution in [0, 0.1) is 0 Å². The third-order valence-electron chi connectivity index (χ3n) is 5.36. The first-order valence-corrected chi connectivity index (χ1v) is 11.1. The fraction of sp³-hybridized carbons (Fsp3) is 0.909. The Labute approximate surface area is 171 Å². The Bertz CT molecular complexity index is 456. The summed E-state index contributed by atoms with van der Waals surface area (Å²) < 4.78 is 29.7. The molecule has 0 spiro atoms. The summed E-state index contributed by atoms with van der Waals surface area (Å²) >= 11 is 0. The lowest BCUT2D eigenvalue weighted by molar-refractivity contribution is -0.366. The topological polar surface area (TPSA) is 72.2 Å². The van der Waals surface area contributed by atoms with Gasteiger partial charge in [-0.3, -0.25) is 0 Å². The van der Waals surface area contributed by atoms with Crippen LogP contribution in [0.5, 0.6) is 0 Å². The third kappa shape index (κ3) is 7.30. The Kier molecular flexibility index (Phi) is 10.2. The monoisotopic (exact) mass is 399 g/mol. The second kappa shape index (κ2) is 12.1. The summed E-state index contributed by atoms with van der Waals surface area (Å²) in [4.78, 5) is 0. The predicted molar refractivity (Wildman–Crippen MR) is 110 cm³/mol. The second-order valence-corrected chi connectivity index (χ2v) is 8.33. The van der Waals surface area contributed by atoms with Gasteiger partial charge in [-0.1, -0.05) is 57.9 Å². The molecule has 0 aromatic rings. The van der Waals surface area contributed by atoms with Gasteiger partial charge in [0.15, 0.2) is 5.79 Å². The van der Waals surface area contributed by atoms with E-state index in [4.69, 9.17) is 29.4 Å². The van der Waals surface area contributed by atoms with E-state index >= 15 is 0 Å². The summed E-state index contributed by atoms with van der Waals surface area (Å²) in [5.74, 6) is -0.665. The average molecular weight is 400 g/mol. The number of hydrogen-bond donors (Lipinski definition) is 1. The maximum Gasteiger partial charge on any atom is 0.217 e. The predicted octanol–water partition coefficient (Wildman–Crippen LogP) is 4.27. The number of unbranched alkanes of at least 4 members (excludes halogenated alkanes) is 7. The molecule has 5 atom stereocenters. The highest BCUT2D eigenvalue weighted by atomic mass is 16.8. The van der Waals surface area contributed by atoms with Crippen molar-refractivity contribution < 1.29 is 23.7 Å². The van der Waals surface area contributed by atoms with Crippen molar-refractivity contribution in [3.63, 3.8) is 0 Å². The van der Waals surface area contributed by atoms with Crippen LogP contribution in [0.4, 0.5) is 0 Å². The molecule has 2 rings (SSSR count). The van der Waals surface area contributed by atoms with Gasteiger partial charge in [-0.05, 0) is 27.2 Å². The molecule has 0 aliphatic carbocycles. The summed E-state index contributed by atoms with van der Waals surface area (Å²) in [6.45, 7) is 9.08. The molecule has 6 nitrogen and oxygen atoms in total. The van der Waals surface area contributed by atoms with Gasteiger partial charge >= 0.3 is 0 Å². The fourth-order valence-corrected chi connectivity index (χ4v) is 3.79. The standard InChI is InChI=1S/C22H41NO5/c1-5-7-8-9-10-11-12-13-15-24-20-18(23)21(25-14-6-2)27-17-16-26-22(3,4)28-19(17)20/h6,14,17-21H,5,7-13,15-16,23H2,1-4H3/t17?,18-,19?,20?,21+/m1/s1. The highest BCUT2D eigenvalue weighted by Gasteiger charge is 2.51. The zero-order chi connectivity index (χ0) is 20.4. The van der Waals surface area contributed by atoms with E-state index < -0.39 is 18.1 Å². The Morgan fingerprint density at radius 1 is 1.07 bits per heavy atom. The number of hydrogen-bond acceptors (Lipinski definition) is 6. The van der Waals surface area contributed by atoms with Crippen LogP contribution in [0.1, 0.15) is 79.1 Å². The molecule has 2 saturated heterocycles. The largest absolute Gasteiger partial charge is 0.471 e. The minimum Gasteiger partial charge on any atom is -0.471 e. The minimum absolute atomic E-state index is 0.244. The Morgan fingerprint density at radius 3 is 2.43 bits per heavy atom. The van der Waals surface area contributed by atoms with E-state index in [9.17, 15) is 0 Å². The normalized spacial score (nSPS) is 32.4. The lowest BCUT2D eigenvalue weighted by Crippen LogP contribution is -2.67. The van der Waals surface area contributed by atoms with Crippen LogP contribution in [-0.4, -0.2) is 49.6 Å². The molecule has 6 heteroatoms. The van der Waals surface area contributed by atoms with Crippen molar-refractivity contribution in [3.05, 3.63) is 12.3 Å². The molecule has 0 aromatic carbocycles. The minimum atomic E-state index is -0.665. The van der Waals surface area contributed by atoms with Gasteiger partial charge in [0.2, 0.25) is 6.29 Å². The molecular formula is C22H41NO5. The molecule has 2 aliphatic rings. The maximum absolute atomic E-state index is 6.44. The van der Waals surface area contributed by atoms with Crippen LogP contribution in [0.2, 0.25) is 0 Å². The van der Waals surface area contributed by atoms with Crippen molar-refractivity contribution in [2.75, 3.05) is 13.2 Å². The molecule has 164 valence electrons. The molecule has 2 fully saturated rings. The van der Waals surface area contributed by atoms with Gasteiger partial charge in [0, 0.05) is 6.61 Å². The van der Waals surface area contributed by atoms with Gasteiger partial charge in [-0.25, -0.2) is 0 Å². The first kappa shape index (κ1) is 23.6. The van der Waals surface area contributed by atoms with Crippen LogP contribution >= 0.6 is 0 Å². The summed E-state index contributed by atoms with van der Waals surface area (Å²) in [6, 6.07) is -0.416. The number of ether oxygens (including phenoxy) is 5. The van der Waals surface area contributed by atoms with Crippen molar-refractivity contribution in [3.8, 4) is 0 Å². The highest BCUT2D eigenvalue weighted by Crippen LogP contribution is 2.33. The molecule has 3 unspecified atom stereocenters. The molecule has 0 aromatic heterocycles. The summed E-state index contributed by atoms with van der Waals surface area (Å²) in [7, 11) is 0. The van der Waals surface area contributed by atoms with E-state index in [-0.39, 0.29) is 18.3 Å². The Balaban J connectivity index is 1.81. The van der Waals surface area contributed by atoms with Gasteiger partial charge in [-0.2, -0.15) is 0 Å². The van der Waals surface area contributed by atoms with Gasteiger partial charge in [0.05, 0.1) is 18.9 Å². The average Bonchev–Trinajstić information content (AvgIpc) is 2.66. The molecule has 2 N–H and O–H groups in total. The lowest BCUT2D eigenvalue weighted by Gasteiger charge is -2.50. The molecule has 0 bridgehead atoms. The first-order valence-electron chi connectivity index (χ1n) is 11.1. The number of allylic oxidation sites excluding steroid dienone is 1. The number of fused-ring (bicyclic) bond motifs is 1.